The number of nitrogens with one attached hydrogen (secondary N) is 1. The monoisotopic (exact) mass is 271 g/mol. The zero-order chi connectivity index (χ0) is 14.1. The van der Waals surface area contributed by atoms with Crippen molar-refractivity contribution in [2.24, 2.45) is 0 Å². The minimum absolute atomic E-state index is 0.0815. The van der Waals surface area contributed by atoms with Crippen LogP contribution in [0, 0.1) is 0 Å². The fraction of sp³-hybridized carbons (Fsp3) is 0.857. The molecule has 0 aliphatic heterocycles. The maximum atomic E-state index is 11.8. The van der Waals surface area contributed by atoms with Gasteiger partial charge in [0.15, 0.2) is 0 Å². The van der Waals surface area contributed by atoms with Crippen LogP contribution in [0.2, 0.25) is 0 Å². The second kappa shape index (κ2) is 8.91. The Hall–Kier alpha value is -1.10. The number of aliphatic carboxylic acids is 1. The van der Waals surface area contributed by atoms with Gasteiger partial charge in [-0.25, -0.2) is 0 Å². The van der Waals surface area contributed by atoms with E-state index in [0.29, 0.717) is 13.0 Å². The third-order valence-corrected chi connectivity index (χ3v) is 3.43. The topological polar surface area (TPSA) is 75.6 Å². The molecule has 0 heterocycles. The Morgan fingerprint density at radius 2 is 1.89 bits per heavy atom. The molecule has 19 heavy (non-hydrogen) atoms. The molecule has 1 fully saturated rings. The molecule has 0 saturated heterocycles. The highest BCUT2D eigenvalue weighted by Crippen LogP contribution is 2.20. The van der Waals surface area contributed by atoms with Gasteiger partial charge in [-0.05, 0) is 26.2 Å². The standard InChI is InChI=1S/C14H25NO4/c1-11(14(18)15-10-6-9-13(16)17)19-12-7-4-2-3-5-8-12/h11-12H,2-10H2,1H3,(H,15,18)(H,16,17). The zero-order valence-corrected chi connectivity index (χ0v) is 11.7. The summed E-state index contributed by atoms with van der Waals surface area (Å²) in [6, 6.07) is 0. The van der Waals surface area contributed by atoms with Crippen molar-refractivity contribution in [3.63, 3.8) is 0 Å². The van der Waals surface area contributed by atoms with Crippen LogP contribution in [0.1, 0.15) is 58.3 Å². The number of carbonyl (C=O) groups is 2. The summed E-state index contributed by atoms with van der Waals surface area (Å²) in [6.45, 7) is 2.15. The van der Waals surface area contributed by atoms with E-state index in [-0.39, 0.29) is 18.4 Å². The molecule has 1 aliphatic rings. The van der Waals surface area contributed by atoms with Crippen LogP contribution in [-0.4, -0.2) is 35.7 Å². The van der Waals surface area contributed by atoms with Gasteiger partial charge in [0.2, 0.25) is 5.91 Å². The molecule has 1 unspecified atom stereocenters. The first kappa shape index (κ1) is 16.0. The molecule has 5 heteroatoms. The van der Waals surface area contributed by atoms with Crippen LogP contribution < -0.4 is 5.32 Å². The normalized spacial score (nSPS) is 18.6. The molecule has 1 aliphatic carbocycles. The van der Waals surface area contributed by atoms with Gasteiger partial charge >= 0.3 is 5.97 Å². The largest absolute Gasteiger partial charge is 0.481 e. The molecule has 0 aromatic carbocycles. The van der Waals surface area contributed by atoms with E-state index in [1.165, 1.54) is 25.7 Å². The highest BCUT2D eigenvalue weighted by molar-refractivity contribution is 5.80. The summed E-state index contributed by atoms with van der Waals surface area (Å²) in [7, 11) is 0. The van der Waals surface area contributed by atoms with Crippen LogP contribution in [0.5, 0.6) is 0 Å². The Bertz CT molecular complexity index is 285. The van der Waals surface area contributed by atoms with Gasteiger partial charge in [-0.2, -0.15) is 0 Å². The highest BCUT2D eigenvalue weighted by atomic mass is 16.5. The van der Waals surface area contributed by atoms with Crippen molar-refractivity contribution < 1.29 is 19.4 Å². The maximum absolute atomic E-state index is 11.8. The van der Waals surface area contributed by atoms with Crippen LogP contribution in [0.25, 0.3) is 0 Å². The number of rotatable bonds is 7. The van der Waals surface area contributed by atoms with Crippen molar-refractivity contribution in [1.82, 2.24) is 5.32 Å². The molecule has 5 nitrogen and oxygen atoms in total. The molecule has 0 aromatic heterocycles. The van der Waals surface area contributed by atoms with Crippen molar-refractivity contribution in [2.75, 3.05) is 6.54 Å². The predicted octanol–water partition coefficient (Wildman–Crippen LogP) is 2.10. The van der Waals surface area contributed by atoms with Gasteiger partial charge in [0.25, 0.3) is 0 Å². The van der Waals surface area contributed by atoms with Gasteiger partial charge in [0.05, 0.1) is 6.10 Å². The van der Waals surface area contributed by atoms with E-state index in [4.69, 9.17) is 9.84 Å². The molecule has 1 rings (SSSR count). The number of hydrogen-bond acceptors (Lipinski definition) is 3. The minimum atomic E-state index is -0.836. The van der Waals surface area contributed by atoms with E-state index in [0.717, 1.165) is 12.8 Å². The van der Waals surface area contributed by atoms with Crippen molar-refractivity contribution >= 4 is 11.9 Å². The smallest absolute Gasteiger partial charge is 0.303 e. The fourth-order valence-corrected chi connectivity index (χ4v) is 2.32. The molecule has 1 atom stereocenters. The van der Waals surface area contributed by atoms with Gasteiger partial charge in [-0.1, -0.05) is 25.7 Å². The fourth-order valence-electron chi connectivity index (χ4n) is 2.32. The summed E-state index contributed by atoms with van der Waals surface area (Å²) in [6.07, 6.45) is 7.23. The Kier molecular flexibility index (Phi) is 7.48. The molecular formula is C14H25NO4. The first-order valence-electron chi connectivity index (χ1n) is 7.24. The lowest BCUT2D eigenvalue weighted by molar-refractivity contribution is -0.138. The van der Waals surface area contributed by atoms with Crippen LogP contribution in [0.3, 0.4) is 0 Å². The van der Waals surface area contributed by atoms with Gasteiger partial charge in [-0.15, -0.1) is 0 Å². The van der Waals surface area contributed by atoms with Gasteiger partial charge in [-0.3, -0.25) is 9.59 Å². The first-order valence-corrected chi connectivity index (χ1v) is 7.24. The minimum Gasteiger partial charge on any atom is -0.481 e. The second-order valence-electron chi connectivity index (χ2n) is 5.18. The number of amides is 1. The average Bonchev–Trinajstić information content (AvgIpc) is 2.62. The lowest BCUT2D eigenvalue weighted by atomic mass is 10.1. The zero-order valence-electron chi connectivity index (χ0n) is 11.7. The summed E-state index contributed by atoms with van der Waals surface area (Å²) < 4.78 is 5.78. The van der Waals surface area contributed by atoms with Crippen molar-refractivity contribution in [3.05, 3.63) is 0 Å². The molecule has 110 valence electrons. The Labute approximate surface area is 114 Å². The predicted molar refractivity (Wildman–Crippen MR) is 71.9 cm³/mol. The Morgan fingerprint density at radius 1 is 1.26 bits per heavy atom. The van der Waals surface area contributed by atoms with E-state index >= 15 is 0 Å². The summed E-state index contributed by atoms with van der Waals surface area (Å²) in [4.78, 5) is 22.1. The average molecular weight is 271 g/mol. The van der Waals surface area contributed by atoms with Crippen molar-refractivity contribution in [3.8, 4) is 0 Å². The SMILES string of the molecule is CC(OC1CCCCCC1)C(=O)NCCCC(=O)O. The lowest BCUT2D eigenvalue weighted by Gasteiger charge is -2.20. The van der Waals surface area contributed by atoms with Gasteiger partial charge in [0.1, 0.15) is 6.10 Å². The third-order valence-electron chi connectivity index (χ3n) is 3.43. The summed E-state index contributed by atoms with van der Waals surface area (Å²) >= 11 is 0. The first-order chi connectivity index (χ1) is 9.09. The number of ether oxygens (including phenoxy) is 1. The van der Waals surface area contributed by atoms with E-state index in [9.17, 15) is 9.59 Å². The maximum Gasteiger partial charge on any atom is 0.303 e. The van der Waals surface area contributed by atoms with E-state index in [1.54, 1.807) is 6.92 Å². The van der Waals surface area contributed by atoms with Crippen LogP contribution >= 0.6 is 0 Å². The molecular weight excluding hydrogens is 246 g/mol. The second-order valence-corrected chi connectivity index (χ2v) is 5.18. The van der Waals surface area contributed by atoms with Crippen molar-refractivity contribution in [2.45, 2.75) is 70.5 Å². The van der Waals surface area contributed by atoms with Crippen LogP contribution in [0.15, 0.2) is 0 Å². The van der Waals surface area contributed by atoms with E-state index < -0.39 is 12.1 Å². The molecule has 1 amide bonds. The van der Waals surface area contributed by atoms with Gasteiger partial charge < -0.3 is 15.2 Å². The van der Waals surface area contributed by atoms with Gasteiger partial charge in [0, 0.05) is 13.0 Å². The molecule has 0 bridgehead atoms. The molecule has 0 radical (unpaired) electrons. The lowest BCUT2D eigenvalue weighted by Crippen LogP contribution is -2.37. The highest BCUT2D eigenvalue weighted by Gasteiger charge is 2.20. The summed E-state index contributed by atoms with van der Waals surface area (Å²) in [5, 5.41) is 11.2. The number of carboxylic acid groups (broad SMARTS) is 1. The summed E-state index contributed by atoms with van der Waals surface area (Å²) in [5.74, 6) is -0.980. The van der Waals surface area contributed by atoms with Crippen molar-refractivity contribution in [1.29, 1.82) is 0 Å². The number of hydrogen-bond donors (Lipinski definition) is 2. The van der Waals surface area contributed by atoms with E-state index in [1.807, 2.05) is 0 Å². The molecule has 2 N–H and O–H groups in total. The Balaban J connectivity index is 2.18. The molecule has 0 aromatic rings. The number of carbonyl (C=O) groups excluding carboxylic acids is 1. The third kappa shape index (κ3) is 7.15. The quantitative estimate of drug-likeness (QED) is 0.549. The molecule has 0 spiro atoms. The number of carboxylic acids is 1. The van der Waals surface area contributed by atoms with Crippen LogP contribution in [-0.2, 0) is 14.3 Å². The van der Waals surface area contributed by atoms with Crippen LogP contribution in [0.4, 0.5) is 0 Å². The molecule has 1 saturated carbocycles. The van der Waals surface area contributed by atoms with E-state index in [2.05, 4.69) is 5.32 Å². The summed E-state index contributed by atoms with van der Waals surface area (Å²) in [5.41, 5.74) is 0. The Morgan fingerprint density at radius 3 is 2.47 bits per heavy atom.